The second-order valence-electron chi connectivity index (χ2n) is 3.76. The van der Waals surface area contributed by atoms with Crippen LogP contribution in [0.15, 0.2) is 10.6 Å². The monoisotopic (exact) mass is 274 g/mol. The molecule has 1 heterocycles. The van der Waals surface area contributed by atoms with Gasteiger partial charge >= 0.3 is 0 Å². The highest BCUT2D eigenvalue weighted by Crippen LogP contribution is 2.04. The van der Waals surface area contributed by atoms with Crippen LogP contribution in [0.2, 0.25) is 0 Å². The van der Waals surface area contributed by atoms with E-state index in [4.69, 9.17) is 29.2 Å². The van der Waals surface area contributed by atoms with Gasteiger partial charge in [-0.05, 0) is 0 Å². The lowest BCUT2D eigenvalue weighted by Gasteiger charge is -2.05. The Balaban J connectivity index is 1.86. The Morgan fingerprint density at radius 2 is 1.68 bits per heavy atom. The fourth-order valence-electron chi connectivity index (χ4n) is 1.27. The number of hydrogen-bond acceptors (Lipinski definition) is 7. The predicted molar refractivity (Wildman–Crippen MR) is 67.6 cm³/mol. The van der Waals surface area contributed by atoms with Gasteiger partial charge in [0.2, 0.25) is 0 Å². The minimum absolute atomic E-state index is 0.371. The van der Waals surface area contributed by atoms with Crippen molar-refractivity contribution in [1.82, 2.24) is 5.16 Å². The highest BCUT2D eigenvalue weighted by Gasteiger charge is 2.02. The third kappa shape index (κ3) is 7.91. The van der Waals surface area contributed by atoms with Crippen LogP contribution in [0.5, 0.6) is 0 Å². The lowest BCUT2D eigenvalue weighted by Crippen LogP contribution is -2.11. The number of rotatable bonds is 12. The van der Waals surface area contributed by atoms with E-state index in [2.05, 4.69) is 5.16 Å². The minimum Gasteiger partial charge on any atom is -0.382 e. The van der Waals surface area contributed by atoms with Crippen molar-refractivity contribution >= 4 is 0 Å². The molecule has 0 saturated heterocycles. The lowest BCUT2D eigenvalue weighted by molar-refractivity contribution is -0.00183. The molecule has 2 N–H and O–H groups in total. The SMILES string of the molecule is COCCOCCOCCOCc1cc(CN)no1. The number of hydrogen-bond donors (Lipinski definition) is 1. The first-order chi connectivity index (χ1) is 9.36. The van der Waals surface area contributed by atoms with Gasteiger partial charge in [0, 0.05) is 19.7 Å². The van der Waals surface area contributed by atoms with E-state index in [1.54, 1.807) is 13.2 Å². The molecule has 0 saturated carbocycles. The van der Waals surface area contributed by atoms with E-state index in [-0.39, 0.29) is 0 Å². The Bertz CT molecular complexity index is 319. The summed E-state index contributed by atoms with van der Waals surface area (Å²) in [5.74, 6) is 0.670. The molecule has 0 aliphatic rings. The van der Waals surface area contributed by atoms with Crippen LogP contribution in [-0.4, -0.2) is 51.9 Å². The summed E-state index contributed by atoms with van der Waals surface area (Å²) >= 11 is 0. The van der Waals surface area contributed by atoms with E-state index in [0.717, 1.165) is 5.69 Å². The zero-order chi connectivity index (χ0) is 13.8. The van der Waals surface area contributed by atoms with E-state index >= 15 is 0 Å². The summed E-state index contributed by atoms with van der Waals surface area (Å²) in [6.45, 7) is 4.06. The van der Waals surface area contributed by atoms with Crippen LogP contribution in [0.1, 0.15) is 11.5 Å². The molecule has 0 amide bonds. The molecule has 19 heavy (non-hydrogen) atoms. The van der Waals surface area contributed by atoms with E-state index in [1.165, 1.54) is 0 Å². The maximum Gasteiger partial charge on any atom is 0.162 e. The molecule has 1 rings (SSSR count). The number of methoxy groups -OCH3 is 1. The third-order valence-electron chi connectivity index (χ3n) is 2.24. The third-order valence-corrected chi connectivity index (χ3v) is 2.24. The zero-order valence-corrected chi connectivity index (χ0v) is 11.3. The van der Waals surface area contributed by atoms with Gasteiger partial charge in [-0.3, -0.25) is 0 Å². The second kappa shape index (κ2) is 10.9. The first kappa shape index (κ1) is 16.1. The van der Waals surface area contributed by atoms with Gasteiger partial charge in [-0.1, -0.05) is 5.16 Å². The summed E-state index contributed by atoms with van der Waals surface area (Å²) in [4.78, 5) is 0. The summed E-state index contributed by atoms with van der Waals surface area (Å²) in [7, 11) is 1.64. The number of nitrogens with zero attached hydrogens (tertiary/aromatic N) is 1. The van der Waals surface area contributed by atoms with Gasteiger partial charge in [0.1, 0.15) is 6.61 Å². The second-order valence-corrected chi connectivity index (χ2v) is 3.76. The minimum atomic E-state index is 0.371. The molecule has 110 valence electrons. The average molecular weight is 274 g/mol. The van der Waals surface area contributed by atoms with Gasteiger partial charge in [0.15, 0.2) is 5.76 Å². The van der Waals surface area contributed by atoms with Gasteiger partial charge in [0.05, 0.1) is 45.3 Å². The van der Waals surface area contributed by atoms with Crippen LogP contribution >= 0.6 is 0 Å². The molecule has 0 spiro atoms. The van der Waals surface area contributed by atoms with E-state index in [9.17, 15) is 0 Å². The molecule has 0 aliphatic heterocycles. The van der Waals surface area contributed by atoms with Crippen molar-refractivity contribution in [1.29, 1.82) is 0 Å². The van der Waals surface area contributed by atoms with Crippen LogP contribution in [0.4, 0.5) is 0 Å². The molecular formula is C12H22N2O5. The van der Waals surface area contributed by atoms with Gasteiger partial charge < -0.3 is 29.2 Å². The average Bonchev–Trinajstić information content (AvgIpc) is 2.89. The van der Waals surface area contributed by atoms with E-state index in [1.807, 2.05) is 0 Å². The van der Waals surface area contributed by atoms with Crippen molar-refractivity contribution in [3.8, 4) is 0 Å². The van der Waals surface area contributed by atoms with Gasteiger partial charge in [-0.15, -0.1) is 0 Å². The number of aromatic nitrogens is 1. The molecule has 1 aromatic rings. The fraction of sp³-hybridized carbons (Fsp3) is 0.750. The smallest absolute Gasteiger partial charge is 0.162 e. The van der Waals surface area contributed by atoms with Gasteiger partial charge in [-0.25, -0.2) is 0 Å². The molecule has 0 unspecified atom stereocenters. The zero-order valence-electron chi connectivity index (χ0n) is 11.3. The summed E-state index contributed by atoms with van der Waals surface area (Å²) in [6, 6.07) is 1.78. The maximum absolute atomic E-state index is 5.41. The number of nitrogens with two attached hydrogens (primary N) is 1. The highest BCUT2D eigenvalue weighted by molar-refractivity contribution is 5.03. The summed E-state index contributed by atoms with van der Waals surface area (Å²) in [5, 5.41) is 3.76. The molecule has 0 aromatic carbocycles. The molecular weight excluding hydrogens is 252 g/mol. The summed E-state index contributed by atoms with van der Waals surface area (Å²) in [5.41, 5.74) is 6.14. The van der Waals surface area contributed by atoms with Crippen molar-refractivity contribution in [3.05, 3.63) is 17.5 Å². The Kier molecular flexibility index (Phi) is 9.21. The molecule has 0 radical (unpaired) electrons. The Morgan fingerprint density at radius 3 is 2.26 bits per heavy atom. The van der Waals surface area contributed by atoms with Crippen LogP contribution in [0.25, 0.3) is 0 Å². The Hall–Kier alpha value is -0.990. The molecule has 7 heteroatoms. The highest BCUT2D eigenvalue weighted by atomic mass is 16.6. The Labute approximate surface area is 112 Å². The normalized spacial score (nSPS) is 11.1. The van der Waals surface area contributed by atoms with Crippen molar-refractivity contribution < 1.29 is 23.5 Å². The number of ether oxygens (including phenoxy) is 4. The van der Waals surface area contributed by atoms with Crippen LogP contribution in [-0.2, 0) is 32.1 Å². The van der Waals surface area contributed by atoms with Gasteiger partial charge in [0.25, 0.3) is 0 Å². The molecule has 1 aromatic heterocycles. The van der Waals surface area contributed by atoms with Crippen molar-refractivity contribution in [2.75, 3.05) is 46.8 Å². The Morgan fingerprint density at radius 1 is 1.05 bits per heavy atom. The topological polar surface area (TPSA) is 89.0 Å². The molecule has 0 atom stereocenters. The quantitative estimate of drug-likeness (QED) is 0.549. The molecule has 7 nitrogen and oxygen atoms in total. The van der Waals surface area contributed by atoms with Crippen molar-refractivity contribution in [3.63, 3.8) is 0 Å². The predicted octanol–water partition coefficient (Wildman–Crippen LogP) is 0.330. The fourth-order valence-corrected chi connectivity index (χ4v) is 1.27. The molecule has 0 aliphatic carbocycles. The summed E-state index contributed by atoms with van der Waals surface area (Å²) in [6.07, 6.45) is 0. The van der Waals surface area contributed by atoms with E-state index < -0.39 is 0 Å². The van der Waals surface area contributed by atoms with Gasteiger partial charge in [-0.2, -0.15) is 0 Å². The standard InChI is InChI=1S/C12H22N2O5/c1-15-2-3-16-4-5-17-6-7-18-10-12-8-11(9-13)14-19-12/h8H,2-7,9-10,13H2,1H3. The summed E-state index contributed by atoms with van der Waals surface area (Å²) < 4.78 is 25.8. The largest absolute Gasteiger partial charge is 0.382 e. The lowest BCUT2D eigenvalue weighted by atomic mass is 10.4. The first-order valence-electron chi connectivity index (χ1n) is 6.23. The molecule has 0 fully saturated rings. The van der Waals surface area contributed by atoms with Crippen LogP contribution < -0.4 is 5.73 Å². The van der Waals surface area contributed by atoms with Crippen LogP contribution in [0.3, 0.4) is 0 Å². The van der Waals surface area contributed by atoms with Crippen molar-refractivity contribution in [2.24, 2.45) is 5.73 Å². The van der Waals surface area contributed by atoms with E-state index in [0.29, 0.717) is 58.6 Å². The maximum atomic E-state index is 5.41. The van der Waals surface area contributed by atoms with Crippen LogP contribution in [0, 0.1) is 0 Å². The van der Waals surface area contributed by atoms with Crippen molar-refractivity contribution in [2.45, 2.75) is 13.2 Å². The molecule has 0 bridgehead atoms. The first-order valence-corrected chi connectivity index (χ1v) is 6.23.